The average molecular weight is 287 g/mol. The van der Waals surface area contributed by atoms with Crippen LogP contribution in [-0.2, 0) is 10.0 Å². The maximum atomic E-state index is 12.3. The van der Waals surface area contributed by atoms with Crippen molar-refractivity contribution in [3.8, 4) is 6.07 Å². The number of anilines is 2. The second-order valence-electron chi connectivity index (χ2n) is 4.30. The Balaban J connectivity index is 2.44. The highest BCUT2D eigenvalue weighted by Crippen LogP contribution is 2.24. The fourth-order valence-electron chi connectivity index (χ4n) is 1.78. The normalized spacial score (nSPS) is 10.8. The van der Waals surface area contributed by atoms with Gasteiger partial charge in [-0.3, -0.25) is 4.72 Å². The monoisotopic (exact) mass is 287 g/mol. The molecule has 0 unspecified atom stereocenters. The molecule has 0 bridgehead atoms. The molecule has 2 aromatic rings. The van der Waals surface area contributed by atoms with Gasteiger partial charge < -0.3 is 5.73 Å². The van der Waals surface area contributed by atoms with Gasteiger partial charge in [-0.1, -0.05) is 18.2 Å². The number of nitrogens with two attached hydrogens (primary N) is 1. The van der Waals surface area contributed by atoms with Crippen molar-refractivity contribution in [2.75, 3.05) is 10.5 Å². The van der Waals surface area contributed by atoms with E-state index in [-0.39, 0.29) is 21.8 Å². The smallest absolute Gasteiger partial charge is 0.263 e. The third-order valence-electron chi connectivity index (χ3n) is 2.75. The predicted molar refractivity (Wildman–Crippen MR) is 77.6 cm³/mol. The molecule has 2 aromatic carbocycles. The quantitative estimate of drug-likeness (QED) is 0.846. The van der Waals surface area contributed by atoms with E-state index in [2.05, 4.69) is 4.72 Å². The molecule has 3 N–H and O–H groups in total. The second-order valence-corrected chi connectivity index (χ2v) is 5.95. The molecule has 0 saturated heterocycles. The summed E-state index contributed by atoms with van der Waals surface area (Å²) in [4.78, 5) is -0.00385. The van der Waals surface area contributed by atoms with Gasteiger partial charge in [0.15, 0.2) is 0 Å². The maximum Gasteiger partial charge on any atom is 0.263 e. The molecule has 0 aliphatic carbocycles. The number of nitrogens with zero attached hydrogens (tertiary/aromatic N) is 1. The molecule has 0 amide bonds. The van der Waals surface area contributed by atoms with E-state index < -0.39 is 10.0 Å². The molecule has 2 rings (SSSR count). The van der Waals surface area contributed by atoms with Crippen LogP contribution in [0, 0.1) is 18.3 Å². The molecule has 0 heterocycles. The molecule has 0 atom stereocenters. The Morgan fingerprint density at radius 2 is 1.90 bits per heavy atom. The molecular weight excluding hydrogens is 274 g/mol. The molecular formula is C14H13N3O2S. The van der Waals surface area contributed by atoms with Crippen LogP contribution in [0.3, 0.4) is 0 Å². The topological polar surface area (TPSA) is 96.0 Å². The first-order chi connectivity index (χ1) is 9.44. The van der Waals surface area contributed by atoms with Crippen LogP contribution in [0.4, 0.5) is 11.4 Å². The molecule has 0 aliphatic heterocycles. The van der Waals surface area contributed by atoms with E-state index in [9.17, 15) is 8.42 Å². The maximum absolute atomic E-state index is 12.3. The van der Waals surface area contributed by atoms with E-state index >= 15 is 0 Å². The minimum Gasteiger partial charge on any atom is -0.398 e. The third-order valence-corrected chi connectivity index (χ3v) is 4.19. The zero-order chi connectivity index (χ0) is 14.8. The summed E-state index contributed by atoms with van der Waals surface area (Å²) in [5.74, 6) is 0. The SMILES string of the molecule is Cc1ccc(S(=O)(=O)Nc2ccccc2C#N)c(N)c1. The largest absolute Gasteiger partial charge is 0.398 e. The van der Waals surface area contributed by atoms with Crippen molar-refractivity contribution < 1.29 is 8.42 Å². The number of nitrogens with one attached hydrogen (secondary N) is 1. The number of hydrogen-bond donors (Lipinski definition) is 2. The summed E-state index contributed by atoms with van der Waals surface area (Å²) >= 11 is 0. The van der Waals surface area contributed by atoms with Crippen molar-refractivity contribution in [2.24, 2.45) is 0 Å². The van der Waals surface area contributed by atoms with Crippen LogP contribution in [-0.4, -0.2) is 8.42 Å². The van der Waals surface area contributed by atoms with E-state index in [0.29, 0.717) is 0 Å². The number of para-hydroxylation sites is 1. The van der Waals surface area contributed by atoms with Crippen molar-refractivity contribution >= 4 is 21.4 Å². The van der Waals surface area contributed by atoms with E-state index in [0.717, 1.165) is 5.56 Å². The molecule has 0 aliphatic rings. The highest BCUT2D eigenvalue weighted by molar-refractivity contribution is 7.92. The summed E-state index contributed by atoms with van der Waals surface area (Å²) in [7, 11) is -3.82. The highest BCUT2D eigenvalue weighted by Gasteiger charge is 2.18. The van der Waals surface area contributed by atoms with Crippen LogP contribution >= 0.6 is 0 Å². The van der Waals surface area contributed by atoms with Gasteiger partial charge in [0.25, 0.3) is 10.0 Å². The fourth-order valence-corrected chi connectivity index (χ4v) is 2.98. The van der Waals surface area contributed by atoms with Crippen molar-refractivity contribution in [1.82, 2.24) is 0 Å². The van der Waals surface area contributed by atoms with Crippen molar-refractivity contribution in [1.29, 1.82) is 5.26 Å². The van der Waals surface area contributed by atoms with Gasteiger partial charge in [-0.05, 0) is 36.8 Å². The van der Waals surface area contributed by atoms with Gasteiger partial charge in [0.1, 0.15) is 11.0 Å². The zero-order valence-corrected chi connectivity index (χ0v) is 11.6. The summed E-state index contributed by atoms with van der Waals surface area (Å²) < 4.78 is 27.0. The van der Waals surface area contributed by atoms with Gasteiger partial charge in [-0.25, -0.2) is 8.42 Å². The van der Waals surface area contributed by atoms with Gasteiger partial charge in [0, 0.05) is 0 Å². The van der Waals surface area contributed by atoms with Crippen LogP contribution < -0.4 is 10.5 Å². The van der Waals surface area contributed by atoms with Gasteiger partial charge in [-0.2, -0.15) is 5.26 Å². The lowest BCUT2D eigenvalue weighted by molar-refractivity contribution is 0.601. The van der Waals surface area contributed by atoms with Gasteiger partial charge in [0.2, 0.25) is 0 Å². The Labute approximate surface area is 117 Å². The molecule has 102 valence electrons. The Kier molecular flexibility index (Phi) is 3.63. The minimum atomic E-state index is -3.82. The van der Waals surface area contributed by atoms with Crippen LogP contribution in [0.25, 0.3) is 0 Å². The van der Waals surface area contributed by atoms with Crippen LogP contribution in [0.1, 0.15) is 11.1 Å². The first-order valence-corrected chi connectivity index (χ1v) is 7.30. The Bertz CT molecular complexity index is 792. The summed E-state index contributed by atoms with van der Waals surface area (Å²) in [5, 5.41) is 8.97. The first-order valence-electron chi connectivity index (χ1n) is 5.82. The van der Waals surface area contributed by atoms with Crippen molar-refractivity contribution in [3.05, 3.63) is 53.6 Å². The summed E-state index contributed by atoms with van der Waals surface area (Å²) in [5.41, 5.74) is 7.28. The Hall–Kier alpha value is -2.52. The number of nitriles is 1. The minimum absolute atomic E-state index is 0.00385. The lowest BCUT2D eigenvalue weighted by Crippen LogP contribution is -2.15. The van der Waals surface area contributed by atoms with E-state index in [4.69, 9.17) is 11.0 Å². The van der Waals surface area contributed by atoms with E-state index in [1.165, 1.54) is 18.2 Å². The first kappa shape index (κ1) is 13.9. The number of benzene rings is 2. The number of rotatable bonds is 3. The molecule has 0 fully saturated rings. The number of aryl methyl sites for hydroxylation is 1. The van der Waals surface area contributed by atoms with Crippen molar-refractivity contribution in [2.45, 2.75) is 11.8 Å². The van der Waals surface area contributed by atoms with Gasteiger partial charge >= 0.3 is 0 Å². The fraction of sp³-hybridized carbons (Fsp3) is 0.0714. The standard InChI is InChI=1S/C14H13N3O2S/c1-10-6-7-14(12(16)8-10)20(18,19)17-13-5-3-2-4-11(13)9-15/h2-8,17H,16H2,1H3. The Morgan fingerprint density at radius 3 is 2.55 bits per heavy atom. The summed E-state index contributed by atoms with van der Waals surface area (Å²) in [6, 6.07) is 13.0. The Morgan fingerprint density at radius 1 is 1.20 bits per heavy atom. The molecule has 20 heavy (non-hydrogen) atoms. The molecule has 0 aromatic heterocycles. The number of nitrogen functional groups attached to an aromatic ring is 1. The summed E-state index contributed by atoms with van der Waals surface area (Å²) in [6.45, 7) is 1.82. The van der Waals surface area contributed by atoms with Crippen molar-refractivity contribution in [3.63, 3.8) is 0 Å². The van der Waals surface area contributed by atoms with Crippen LogP contribution in [0.2, 0.25) is 0 Å². The third kappa shape index (κ3) is 2.73. The zero-order valence-electron chi connectivity index (χ0n) is 10.8. The lowest BCUT2D eigenvalue weighted by atomic mass is 10.2. The van der Waals surface area contributed by atoms with Crippen LogP contribution in [0.5, 0.6) is 0 Å². The average Bonchev–Trinajstić information content (AvgIpc) is 2.38. The predicted octanol–water partition coefficient (Wildman–Crippen LogP) is 2.25. The summed E-state index contributed by atoms with van der Waals surface area (Å²) in [6.07, 6.45) is 0. The van der Waals surface area contributed by atoms with Gasteiger partial charge in [0.05, 0.1) is 16.9 Å². The van der Waals surface area contributed by atoms with Gasteiger partial charge in [-0.15, -0.1) is 0 Å². The van der Waals surface area contributed by atoms with Crippen LogP contribution in [0.15, 0.2) is 47.4 Å². The number of hydrogen-bond acceptors (Lipinski definition) is 4. The van der Waals surface area contributed by atoms with E-state index in [1.807, 2.05) is 13.0 Å². The number of sulfonamides is 1. The molecule has 6 heteroatoms. The highest BCUT2D eigenvalue weighted by atomic mass is 32.2. The molecule has 0 spiro atoms. The molecule has 5 nitrogen and oxygen atoms in total. The lowest BCUT2D eigenvalue weighted by Gasteiger charge is -2.11. The second kappa shape index (κ2) is 5.23. The molecule has 0 radical (unpaired) electrons. The van der Waals surface area contributed by atoms with E-state index in [1.54, 1.807) is 24.3 Å². The molecule has 0 saturated carbocycles.